The van der Waals surface area contributed by atoms with Crippen LogP contribution in [-0.4, -0.2) is 37.6 Å². The Hall–Kier alpha value is -0.830. The fourth-order valence-electron chi connectivity index (χ4n) is 1.19. The fourth-order valence-corrected chi connectivity index (χ4v) is 1.19. The van der Waals surface area contributed by atoms with Crippen molar-refractivity contribution >= 4 is 5.97 Å². The van der Waals surface area contributed by atoms with Crippen LogP contribution in [-0.2, 0) is 9.53 Å². The number of carbonyl (C=O) groups excluding carboxylic acids is 1. The molecule has 1 aliphatic rings. The Morgan fingerprint density at radius 3 is 2.91 bits per heavy atom. The van der Waals surface area contributed by atoms with E-state index in [0.717, 1.165) is 13.0 Å². The average molecular weight is 155 g/mol. The minimum Gasteiger partial charge on any atom is -0.468 e. The van der Waals surface area contributed by atoms with Crippen molar-refractivity contribution in [3.8, 4) is 0 Å². The molecular weight excluding hydrogens is 142 g/mol. The van der Waals surface area contributed by atoms with E-state index in [1.54, 1.807) is 0 Å². The lowest BCUT2D eigenvalue weighted by molar-refractivity contribution is -0.146. The molecule has 0 amide bonds. The van der Waals surface area contributed by atoms with Crippen molar-refractivity contribution in [1.82, 2.24) is 4.90 Å². The van der Waals surface area contributed by atoms with E-state index in [0.29, 0.717) is 0 Å². The molecule has 0 saturated heterocycles. The molecule has 0 aromatic heterocycles. The molecule has 0 radical (unpaired) electrons. The Labute approximate surface area is 66.6 Å². The van der Waals surface area contributed by atoms with E-state index in [4.69, 9.17) is 0 Å². The number of esters is 1. The summed E-state index contributed by atoms with van der Waals surface area (Å²) in [6.07, 6.45) is 4.84. The number of likely N-dealkylation sites (N-methyl/N-ethyl adjacent to an activating group) is 1. The molecule has 1 heterocycles. The summed E-state index contributed by atoms with van der Waals surface area (Å²) >= 11 is 0. The Bertz CT molecular complexity index is 177. The van der Waals surface area contributed by atoms with Crippen LogP contribution in [0.3, 0.4) is 0 Å². The van der Waals surface area contributed by atoms with Crippen molar-refractivity contribution in [2.45, 2.75) is 12.5 Å². The van der Waals surface area contributed by atoms with Crippen LogP contribution < -0.4 is 0 Å². The van der Waals surface area contributed by atoms with Crippen LogP contribution in [0.25, 0.3) is 0 Å². The minimum absolute atomic E-state index is 0.0787. The lowest BCUT2D eigenvalue weighted by Crippen LogP contribution is -2.40. The molecular formula is C8H13NO2. The van der Waals surface area contributed by atoms with E-state index < -0.39 is 0 Å². The fraction of sp³-hybridized carbons (Fsp3) is 0.625. The van der Waals surface area contributed by atoms with E-state index in [2.05, 4.69) is 10.8 Å². The molecule has 1 rings (SSSR count). The van der Waals surface area contributed by atoms with Crippen LogP contribution in [0.4, 0.5) is 0 Å². The van der Waals surface area contributed by atoms with E-state index in [1.807, 2.05) is 18.0 Å². The van der Waals surface area contributed by atoms with Gasteiger partial charge in [-0.05, 0) is 13.5 Å². The number of carbonyl (C=O) groups is 1. The van der Waals surface area contributed by atoms with Crippen molar-refractivity contribution in [2.24, 2.45) is 0 Å². The highest BCUT2D eigenvalue weighted by Gasteiger charge is 2.23. The molecule has 3 heteroatoms. The van der Waals surface area contributed by atoms with Gasteiger partial charge in [0.1, 0.15) is 6.04 Å². The van der Waals surface area contributed by atoms with Gasteiger partial charge in [0.15, 0.2) is 0 Å². The number of hydrogen-bond donors (Lipinski definition) is 0. The van der Waals surface area contributed by atoms with Crippen LogP contribution in [0.5, 0.6) is 0 Å². The molecule has 3 nitrogen and oxygen atoms in total. The number of nitrogens with zero attached hydrogens (tertiary/aromatic N) is 1. The smallest absolute Gasteiger partial charge is 0.323 e. The zero-order valence-electron chi connectivity index (χ0n) is 6.91. The highest BCUT2D eigenvalue weighted by molar-refractivity contribution is 5.76. The molecule has 0 spiro atoms. The maximum atomic E-state index is 11.1. The largest absolute Gasteiger partial charge is 0.468 e. The van der Waals surface area contributed by atoms with E-state index >= 15 is 0 Å². The lowest BCUT2D eigenvalue weighted by Gasteiger charge is -2.26. The predicted molar refractivity (Wildman–Crippen MR) is 42.2 cm³/mol. The third kappa shape index (κ3) is 1.80. The van der Waals surface area contributed by atoms with Crippen molar-refractivity contribution < 1.29 is 9.53 Å². The van der Waals surface area contributed by atoms with Crippen molar-refractivity contribution in [2.75, 3.05) is 20.7 Å². The molecule has 0 aromatic carbocycles. The maximum Gasteiger partial charge on any atom is 0.323 e. The first-order valence-electron chi connectivity index (χ1n) is 3.68. The Kier molecular flexibility index (Phi) is 2.65. The number of hydrogen-bond acceptors (Lipinski definition) is 3. The van der Waals surface area contributed by atoms with E-state index in [9.17, 15) is 4.79 Å². The molecule has 62 valence electrons. The first-order chi connectivity index (χ1) is 5.25. The monoisotopic (exact) mass is 155 g/mol. The van der Waals surface area contributed by atoms with E-state index in [-0.39, 0.29) is 12.0 Å². The molecule has 0 saturated carbocycles. The molecule has 1 unspecified atom stereocenters. The predicted octanol–water partition coefficient (Wildman–Crippen LogP) is 0.420. The summed E-state index contributed by atoms with van der Waals surface area (Å²) in [6, 6.07) is -0.0787. The van der Waals surface area contributed by atoms with Crippen molar-refractivity contribution in [3.05, 3.63) is 12.2 Å². The van der Waals surface area contributed by atoms with Gasteiger partial charge in [-0.15, -0.1) is 0 Å². The quantitative estimate of drug-likeness (QED) is 0.406. The van der Waals surface area contributed by atoms with Crippen LogP contribution >= 0.6 is 0 Å². The second kappa shape index (κ2) is 3.53. The maximum absolute atomic E-state index is 11.1. The highest BCUT2D eigenvalue weighted by Crippen LogP contribution is 2.09. The van der Waals surface area contributed by atoms with Gasteiger partial charge in [0.2, 0.25) is 0 Å². The Morgan fingerprint density at radius 1 is 1.64 bits per heavy atom. The Balaban J connectivity index is 2.56. The Morgan fingerprint density at radius 2 is 2.36 bits per heavy atom. The molecule has 0 aromatic rings. The first-order valence-corrected chi connectivity index (χ1v) is 3.68. The number of methoxy groups -OCH3 is 1. The van der Waals surface area contributed by atoms with Crippen LogP contribution in [0.2, 0.25) is 0 Å². The van der Waals surface area contributed by atoms with Crippen LogP contribution in [0.1, 0.15) is 6.42 Å². The normalized spacial score (nSPS) is 25.1. The highest BCUT2D eigenvalue weighted by atomic mass is 16.5. The zero-order chi connectivity index (χ0) is 8.27. The second-order valence-electron chi connectivity index (χ2n) is 2.69. The van der Waals surface area contributed by atoms with Crippen LogP contribution in [0.15, 0.2) is 12.2 Å². The van der Waals surface area contributed by atoms with Crippen molar-refractivity contribution in [1.29, 1.82) is 0 Å². The molecule has 0 N–H and O–H groups in total. The van der Waals surface area contributed by atoms with Gasteiger partial charge in [-0.25, -0.2) is 0 Å². The third-order valence-electron chi connectivity index (χ3n) is 1.92. The van der Waals surface area contributed by atoms with Gasteiger partial charge in [0, 0.05) is 6.54 Å². The summed E-state index contributed by atoms with van der Waals surface area (Å²) in [5, 5.41) is 0. The molecule has 0 aliphatic carbocycles. The molecule has 1 aliphatic heterocycles. The number of rotatable bonds is 1. The van der Waals surface area contributed by atoms with Crippen molar-refractivity contribution in [3.63, 3.8) is 0 Å². The van der Waals surface area contributed by atoms with Gasteiger partial charge in [0.05, 0.1) is 7.11 Å². The number of ether oxygens (including phenoxy) is 1. The average Bonchev–Trinajstić information content (AvgIpc) is 2.04. The molecule has 11 heavy (non-hydrogen) atoms. The summed E-state index contributed by atoms with van der Waals surface area (Å²) < 4.78 is 4.65. The van der Waals surface area contributed by atoms with Crippen LogP contribution in [0, 0.1) is 0 Å². The van der Waals surface area contributed by atoms with Gasteiger partial charge >= 0.3 is 5.97 Å². The first kappa shape index (κ1) is 8.27. The third-order valence-corrected chi connectivity index (χ3v) is 1.92. The topological polar surface area (TPSA) is 29.5 Å². The van der Waals surface area contributed by atoms with Gasteiger partial charge in [-0.1, -0.05) is 12.2 Å². The lowest BCUT2D eigenvalue weighted by atomic mass is 10.1. The SMILES string of the molecule is COC(=O)C1CC=CCN1C. The minimum atomic E-state index is -0.142. The second-order valence-corrected chi connectivity index (χ2v) is 2.69. The molecule has 1 atom stereocenters. The molecule has 0 fully saturated rings. The summed E-state index contributed by atoms with van der Waals surface area (Å²) in [6.45, 7) is 0.833. The van der Waals surface area contributed by atoms with Gasteiger partial charge < -0.3 is 4.74 Å². The zero-order valence-corrected chi connectivity index (χ0v) is 6.91. The summed E-state index contributed by atoms with van der Waals surface area (Å²) in [5.41, 5.74) is 0. The van der Waals surface area contributed by atoms with Gasteiger partial charge in [-0.3, -0.25) is 9.69 Å². The molecule has 0 bridgehead atoms. The van der Waals surface area contributed by atoms with E-state index in [1.165, 1.54) is 7.11 Å². The van der Waals surface area contributed by atoms with Gasteiger partial charge in [0.25, 0.3) is 0 Å². The van der Waals surface area contributed by atoms with Gasteiger partial charge in [-0.2, -0.15) is 0 Å². The standard InChI is InChI=1S/C8H13NO2/c1-9-6-4-3-5-7(9)8(10)11-2/h3-4,7H,5-6H2,1-2H3. The summed E-state index contributed by atoms with van der Waals surface area (Å²) in [5.74, 6) is -0.142. The summed E-state index contributed by atoms with van der Waals surface area (Å²) in [7, 11) is 3.35. The summed E-state index contributed by atoms with van der Waals surface area (Å²) in [4.78, 5) is 13.1.